The van der Waals surface area contributed by atoms with E-state index in [0.29, 0.717) is 31.7 Å². The molecule has 152 valence electrons. The molecule has 1 fully saturated rings. The average molecular weight is 399 g/mol. The second-order valence-corrected chi connectivity index (χ2v) is 7.52. The molecule has 0 aliphatic carbocycles. The second kappa shape index (κ2) is 8.24. The maximum atomic E-state index is 12.8. The third-order valence-corrected chi connectivity index (χ3v) is 5.46. The molecule has 3 aromatic rings. The third-order valence-electron chi connectivity index (χ3n) is 5.46. The van der Waals surface area contributed by atoms with Crippen LogP contribution in [0.3, 0.4) is 0 Å². The molecule has 0 spiro atoms. The number of piperidine rings is 1. The monoisotopic (exact) mass is 399 g/mol. The van der Waals surface area contributed by atoms with Crippen molar-refractivity contribution in [3.8, 4) is 11.3 Å². The maximum absolute atomic E-state index is 12.8. The van der Waals surface area contributed by atoms with Gasteiger partial charge < -0.3 is 9.88 Å². The van der Waals surface area contributed by atoms with Gasteiger partial charge in [-0.15, -0.1) is 0 Å². The lowest BCUT2D eigenvalue weighted by Gasteiger charge is -2.30. The number of amides is 1. The molecule has 4 rings (SSSR count). The van der Waals surface area contributed by atoms with Crippen molar-refractivity contribution in [1.29, 1.82) is 0 Å². The Kier molecular flexibility index (Phi) is 5.53. The molecule has 29 heavy (non-hydrogen) atoms. The summed E-state index contributed by atoms with van der Waals surface area (Å²) in [5.41, 5.74) is 2.03. The maximum Gasteiger partial charge on any atom is 0.241 e. The fourth-order valence-corrected chi connectivity index (χ4v) is 3.75. The molecule has 1 aromatic carbocycles. The van der Waals surface area contributed by atoms with Crippen molar-refractivity contribution in [3.63, 3.8) is 0 Å². The van der Waals surface area contributed by atoms with E-state index in [9.17, 15) is 13.6 Å². The Labute approximate surface area is 167 Å². The number of nitrogens with one attached hydrogen (secondary N) is 1. The smallest absolute Gasteiger partial charge is 0.241 e. The zero-order valence-electron chi connectivity index (χ0n) is 16.2. The van der Waals surface area contributed by atoms with Gasteiger partial charge in [0.15, 0.2) is 0 Å². The number of anilines is 1. The normalized spacial score (nSPS) is 15.9. The van der Waals surface area contributed by atoms with Gasteiger partial charge in [0.05, 0.1) is 24.8 Å². The number of benzene rings is 1. The van der Waals surface area contributed by atoms with Gasteiger partial charge >= 0.3 is 0 Å². The summed E-state index contributed by atoms with van der Waals surface area (Å²) in [6, 6.07) is 7.89. The Morgan fingerprint density at radius 2 is 2.00 bits per heavy atom. The number of aromatic nitrogens is 3. The summed E-state index contributed by atoms with van der Waals surface area (Å²) >= 11 is 0. The van der Waals surface area contributed by atoms with E-state index in [1.54, 1.807) is 12.5 Å². The summed E-state index contributed by atoms with van der Waals surface area (Å²) in [5, 5.41) is 4.76. The molecule has 0 radical (unpaired) electrons. The fraction of sp³-hybridized carbons (Fsp3) is 0.381. The molecule has 1 N–H and O–H groups in total. The van der Waals surface area contributed by atoms with Crippen LogP contribution in [0.2, 0.25) is 0 Å². The molecule has 0 bridgehead atoms. The van der Waals surface area contributed by atoms with E-state index < -0.39 is 12.3 Å². The van der Waals surface area contributed by atoms with E-state index in [4.69, 9.17) is 0 Å². The summed E-state index contributed by atoms with van der Waals surface area (Å²) in [7, 11) is 1.94. The fourth-order valence-electron chi connectivity index (χ4n) is 3.75. The van der Waals surface area contributed by atoms with Gasteiger partial charge in [0, 0.05) is 30.1 Å². The quantitative estimate of drug-likeness (QED) is 0.713. The zero-order chi connectivity index (χ0) is 20.4. The Hall–Kier alpha value is -2.87. The molecule has 0 unspecified atom stereocenters. The number of halogens is 2. The first-order valence-corrected chi connectivity index (χ1v) is 9.66. The van der Waals surface area contributed by atoms with E-state index in [-0.39, 0.29) is 12.5 Å². The van der Waals surface area contributed by atoms with Crippen LogP contribution >= 0.6 is 0 Å². The van der Waals surface area contributed by atoms with Crippen molar-refractivity contribution >= 4 is 22.5 Å². The van der Waals surface area contributed by atoms with Crippen LogP contribution in [0.25, 0.3) is 22.0 Å². The average Bonchev–Trinajstić information content (AvgIpc) is 3.13. The van der Waals surface area contributed by atoms with E-state index >= 15 is 0 Å². The van der Waals surface area contributed by atoms with Crippen molar-refractivity contribution in [3.05, 3.63) is 43.0 Å². The standard InChI is InChI=1S/C21H23F2N5O/c1-27-13-24-11-18(27)15-2-3-16-10-25-19(9-17(16)8-15)26-20(29)12-28-6-4-14(5-7-28)21(22)23/h2-3,8-11,13-14,21H,4-7,12H2,1H3,(H,25,26,29). The lowest BCUT2D eigenvalue weighted by Crippen LogP contribution is -2.40. The molecule has 0 atom stereocenters. The van der Waals surface area contributed by atoms with Crippen LogP contribution in [0.4, 0.5) is 14.6 Å². The summed E-state index contributed by atoms with van der Waals surface area (Å²) in [5.74, 6) is -0.257. The molecule has 8 heteroatoms. The van der Waals surface area contributed by atoms with Crippen LogP contribution in [0.1, 0.15) is 12.8 Å². The number of pyridine rings is 1. The van der Waals surface area contributed by atoms with Crippen molar-refractivity contribution in [2.75, 3.05) is 25.0 Å². The Bertz CT molecular complexity index is 1010. The Balaban J connectivity index is 1.42. The van der Waals surface area contributed by atoms with E-state index in [2.05, 4.69) is 15.3 Å². The third kappa shape index (κ3) is 4.42. The molecule has 1 aliphatic rings. The SMILES string of the molecule is Cn1cncc1-c1ccc2cnc(NC(=O)CN3CCC(C(F)F)CC3)cc2c1. The van der Waals surface area contributed by atoms with Crippen molar-refractivity contribution in [2.24, 2.45) is 13.0 Å². The van der Waals surface area contributed by atoms with Gasteiger partial charge in [0.2, 0.25) is 12.3 Å². The van der Waals surface area contributed by atoms with Gasteiger partial charge in [-0.1, -0.05) is 12.1 Å². The van der Waals surface area contributed by atoms with Gasteiger partial charge in [0.25, 0.3) is 0 Å². The summed E-state index contributed by atoms with van der Waals surface area (Å²) in [6.07, 6.45) is 3.87. The molecule has 1 saturated heterocycles. The van der Waals surface area contributed by atoms with Crippen molar-refractivity contribution in [2.45, 2.75) is 19.3 Å². The van der Waals surface area contributed by atoms with Gasteiger partial charge in [-0.2, -0.15) is 0 Å². The number of alkyl halides is 2. The Morgan fingerprint density at radius 1 is 1.21 bits per heavy atom. The number of rotatable bonds is 5. The van der Waals surface area contributed by atoms with Gasteiger partial charge in [-0.3, -0.25) is 9.69 Å². The molecule has 3 heterocycles. The predicted molar refractivity (Wildman–Crippen MR) is 108 cm³/mol. The van der Waals surface area contributed by atoms with Crippen molar-refractivity contribution in [1.82, 2.24) is 19.4 Å². The molecule has 2 aromatic heterocycles. The van der Waals surface area contributed by atoms with Crippen LogP contribution in [-0.2, 0) is 11.8 Å². The van der Waals surface area contributed by atoms with Crippen LogP contribution in [0.5, 0.6) is 0 Å². The van der Waals surface area contributed by atoms with Crippen LogP contribution in [-0.4, -0.2) is 51.4 Å². The number of nitrogens with zero attached hydrogens (tertiary/aromatic N) is 4. The number of carbonyl (C=O) groups excluding carboxylic acids is 1. The first-order chi connectivity index (χ1) is 14.0. The van der Waals surface area contributed by atoms with E-state index in [0.717, 1.165) is 22.0 Å². The molecule has 0 saturated carbocycles. The lowest BCUT2D eigenvalue weighted by molar-refractivity contribution is -0.117. The molecular formula is C21H23F2N5O. The first kappa shape index (κ1) is 19.4. The zero-order valence-corrected chi connectivity index (χ0v) is 16.2. The minimum absolute atomic E-state index is 0.185. The van der Waals surface area contributed by atoms with Gasteiger partial charge in [0.1, 0.15) is 5.82 Å². The number of hydrogen-bond acceptors (Lipinski definition) is 4. The highest BCUT2D eigenvalue weighted by atomic mass is 19.3. The Morgan fingerprint density at radius 3 is 2.69 bits per heavy atom. The van der Waals surface area contributed by atoms with Gasteiger partial charge in [-0.25, -0.2) is 18.7 Å². The van der Waals surface area contributed by atoms with Crippen LogP contribution in [0.15, 0.2) is 43.0 Å². The predicted octanol–water partition coefficient (Wildman–Crippen LogP) is 3.55. The molecule has 1 aliphatic heterocycles. The first-order valence-electron chi connectivity index (χ1n) is 9.66. The number of fused-ring (bicyclic) bond motifs is 1. The summed E-state index contributed by atoms with van der Waals surface area (Å²) in [4.78, 5) is 22.8. The summed E-state index contributed by atoms with van der Waals surface area (Å²) < 4.78 is 27.5. The molecular weight excluding hydrogens is 376 g/mol. The van der Waals surface area contributed by atoms with Gasteiger partial charge in [-0.05, 0) is 43.5 Å². The number of carbonyl (C=O) groups is 1. The van der Waals surface area contributed by atoms with E-state index in [1.807, 2.05) is 47.0 Å². The topological polar surface area (TPSA) is 63.1 Å². The minimum atomic E-state index is -2.27. The van der Waals surface area contributed by atoms with E-state index in [1.165, 1.54) is 0 Å². The second-order valence-electron chi connectivity index (χ2n) is 7.52. The number of hydrogen-bond donors (Lipinski definition) is 1. The largest absolute Gasteiger partial charge is 0.334 e. The minimum Gasteiger partial charge on any atom is -0.334 e. The number of likely N-dealkylation sites (tertiary alicyclic amines) is 1. The lowest BCUT2D eigenvalue weighted by atomic mass is 9.97. The van der Waals surface area contributed by atoms with Crippen molar-refractivity contribution < 1.29 is 13.6 Å². The van der Waals surface area contributed by atoms with Crippen LogP contribution < -0.4 is 5.32 Å². The summed E-state index contributed by atoms with van der Waals surface area (Å²) in [6.45, 7) is 1.22. The highest BCUT2D eigenvalue weighted by Gasteiger charge is 2.26. The molecule has 1 amide bonds. The molecule has 6 nitrogen and oxygen atoms in total. The highest BCUT2D eigenvalue weighted by Crippen LogP contribution is 2.25. The van der Waals surface area contributed by atoms with Crippen LogP contribution in [0, 0.1) is 5.92 Å². The highest BCUT2D eigenvalue weighted by molar-refractivity contribution is 5.94. The number of aryl methyl sites for hydroxylation is 1. The number of imidazole rings is 1.